The molecule has 2 N–H and O–H groups in total. The van der Waals surface area contributed by atoms with E-state index in [1.54, 1.807) is 0 Å². The van der Waals surface area contributed by atoms with Gasteiger partial charge in [0.2, 0.25) is 0 Å². The van der Waals surface area contributed by atoms with Crippen molar-refractivity contribution >= 4 is 11.7 Å². The largest absolute Gasteiger partial charge is 0.381 e. The third-order valence-electron chi connectivity index (χ3n) is 3.44. The first-order valence-electron chi connectivity index (χ1n) is 7.35. The fraction of sp³-hybridized carbons (Fsp3) is 0.562. The standard InChI is InChI=1S/C16H24N2O2/c1-12-4-5-13(2)15(10-12)18-16(19)17-8-3-9-20-11-14-6-7-14/h4-5,10,14H,3,6-9,11H2,1-2H3,(H2,17,18,19). The van der Waals surface area contributed by atoms with Gasteiger partial charge in [0.25, 0.3) is 0 Å². The number of aryl methyl sites for hydroxylation is 2. The number of anilines is 1. The van der Waals surface area contributed by atoms with E-state index in [0.29, 0.717) is 6.54 Å². The second kappa shape index (κ2) is 7.29. The minimum Gasteiger partial charge on any atom is -0.381 e. The monoisotopic (exact) mass is 276 g/mol. The van der Waals surface area contributed by atoms with Gasteiger partial charge < -0.3 is 15.4 Å². The molecular weight excluding hydrogens is 252 g/mol. The van der Waals surface area contributed by atoms with Crippen LogP contribution in [0.4, 0.5) is 10.5 Å². The van der Waals surface area contributed by atoms with Crippen LogP contribution in [0, 0.1) is 19.8 Å². The Balaban J connectivity index is 1.60. The fourth-order valence-electron chi connectivity index (χ4n) is 1.95. The summed E-state index contributed by atoms with van der Waals surface area (Å²) in [5.41, 5.74) is 3.07. The number of nitrogens with one attached hydrogen (secondary N) is 2. The topological polar surface area (TPSA) is 50.4 Å². The predicted molar refractivity (Wildman–Crippen MR) is 81.1 cm³/mol. The van der Waals surface area contributed by atoms with Crippen molar-refractivity contribution in [3.63, 3.8) is 0 Å². The molecule has 0 unspecified atom stereocenters. The van der Waals surface area contributed by atoms with Gasteiger partial charge in [0.05, 0.1) is 0 Å². The lowest BCUT2D eigenvalue weighted by atomic mass is 10.1. The lowest BCUT2D eigenvalue weighted by Gasteiger charge is -2.10. The number of hydrogen-bond acceptors (Lipinski definition) is 2. The number of carbonyl (C=O) groups excluding carboxylic acids is 1. The quantitative estimate of drug-likeness (QED) is 0.751. The highest BCUT2D eigenvalue weighted by molar-refractivity contribution is 5.90. The summed E-state index contributed by atoms with van der Waals surface area (Å²) in [6.45, 7) is 6.25. The third-order valence-corrected chi connectivity index (χ3v) is 3.44. The zero-order chi connectivity index (χ0) is 14.4. The van der Waals surface area contributed by atoms with Gasteiger partial charge in [-0.2, -0.15) is 0 Å². The van der Waals surface area contributed by atoms with Crippen molar-refractivity contribution in [1.29, 1.82) is 0 Å². The molecule has 1 fully saturated rings. The van der Waals surface area contributed by atoms with Crippen molar-refractivity contribution in [3.05, 3.63) is 29.3 Å². The van der Waals surface area contributed by atoms with Crippen LogP contribution in [-0.4, -0.2) is 25.8 Å². The first-order chi connectivity index (χ1) is 9.65. The summed E-state index contributed by atoms with van der Waals surface area (Å²) >= 11 is 0. The Morgan fingerprint density at radius 2 is 2.15 bits per heavy atom. The van der Waals surface area contributed by atoms with Crippen LogP contribution in [0.5, 0.6) is 0 Å². The first-order valence-corrected chi connectivity index (χ1v) is 7.35. The zero-order valence-electron chi connectivity index (χ0n) is 12.4. The highest BCUT2D eigenvalue weighted by Crippen LogP contribution is 2.28. The van der Waals surface area contributed by atoms with Crippen molar-refractivity contribution in [2.45, 2.75) is 33.1 Å². The molecule has 0 aliphatic heterocycles. The maximum absolute atomic E-state index is 11.8. The molecule has 0 radical (unpaired) electrons. The minimum absolute atomic E-state index is 0.152. The van der Waals surface area contributed by atoms with E-state index in [-0.39, 0.29) is 6.03 Å². The molecule has 0 heterocycles. The molecule has 0 atom stereocenters. The molecule has 0 bridgehead atoms. The Labute approximate surface area is 120 Å². The summed E-state index contributed by atoms with van der Waals surface area (Å²) in [5.74, 6) is 0.801. The maximum atomic E-state index is 11.8. The number of rotatable bonds is 7. The number of benzene rings is 1. The van der Waals surface area contributed by atoms with Crippen molar-refractivity contribution in [3.8, 4) is 0 Å². The summed E-state index contributed by atoms with van der Waals surface area (Å²) in [5, 5.41) is 5.73. The van der Waals surface area contributed by atoms with Gasteiger partial charge in [-0.15, -0.1) is 0 Å². The molecule has 2 rings (SSSR count). The van der Waals surface area contributed by atoms with Crippen molar-refractivity contribution < 1.29 is 9.53 Å². The van der Waals surface area contributed by atoms with Crippen LogP contribution in [0.25, 0.3) is 0 Å². The van der Waals surface area contributed by atoms with Gasteiger partial charge in [-0.3, -0.25) is 0 Å². The molecule has 0 saturated heterocycles. The van der Waals surface area contributed by atoms with Crippen LogP contribution in [0.15, 0.2) is 18.2 Å². The molecule has 20 heavy (non-hydrogen) atoms. The smallest absolute Gasteiger partial charge is 0.319 e. The molecule has 1 aromatic rings. The molecule has 0 spiro atoms. The fourth-order valence-corrected chi connectivity index (χ4v) is 1.95. The average molecular weight is 276 g/mol. The van der Waals surface area contributed by atoms with E-state index in [1.165, 1.54) is 12.8 Å². The van der Waals surface area contributed by atoms with E-state index in [4.69, 9.17) is 4.74 Å². The van der Waals surface area contributed by atoms with E-state index < -0.39 is 0 Å². The van der Waals surface area contributed by atoms with E-state index in [1.807, 2.05) is 32.0 Å². The number of ether oxygens (including phenoxy) is 1. The summed E-state index contributed by atoms with van der Waals surface area (Å²) < 4.78 is 5.52. The molecule has 1 saturated carbocycles. The van der Waals surface area contributed by atoms with Crippen molar-refractivity contribution in [1.82, 2.24) is 5.32 Å². The molecule has 1 aliphatic carbocycles. The van der Waals surface area contributed by atoms with E-state index in [2.05, 4.69) is 10.6 Å². The van der Waals surface area contributed by atoms with E-state index in [9.17, 15) is 4.79 Å². The normalized spacial score (nSPS) is 14.1. The second-order valence-corrected chi connectivity index (χ2v) is 5.57. The van der Waals surface area contributed by atoms with Crippen molar-refractivity contribution in [2.24, 2.45) is 5.92 Å². The van der Waals surface area contributed by atoms with Crippen LogP contribution in [-0.2, 0) is 4.74 Å². The average Bonchev–Trinajstić information content (AvgIpc) is 3.22. The van der Waals surface area contributed by atoms with Crippen LogP contribution < -0.4 is 10.6 Å². The predicted octanol–water partition coefficient (Wildman–Crippen LogP) is 3.24. The van der Waals surface area contributed by atoms with Gasteiger partial charge >= 0.3 is 6.03 Å². The first kappa shape index (κ1) is 14.9. The Bertz CT molecular complexity index is 456. The summed E-state index contributed by atoms with van der Waals surface area (Å²) in [6, 6.07) is 5.88. The highest BCUT2D eigenvalue weighted by atomic mass is 16.5. The molecule has 110 valence electrons. The van der Waals surface area contributed by atoms with Gasteiger partial charge in [-0.05, 0) is 56.2 Å². The maximum Gasteiger partial charge on any atom is 0.319 e. The molecule has 0 aromatic heterocycles. The Morgan fingerprint density at radius 3 is 2.90 bits per heavy atom. The van der Waals surface area contributed by atoms with Gasteiger partial charge in [0.1, 0.15) is 0 Å². The zero-order valence-corrected chi connectivity index (χ0v) is 12.4. The number of carbonyl (C=O) groups is 1. The molecular formula is C16H24N2O2. The van der Waals surface area contributed by atoms with Crippen molar-refractivity contribution in [2.75, 3.05) is 25.1 Å². The Hall–Kier alpha value is -1.55. The molecule has 1 aromatic carbocycles. The second-order valence-electron chi connectivity index (χ2n) is 5.57. The van der Waals surface area contributed by atoms with Gasteiger partial charge in [-0.25, -0.2) is 4.79 Å². The highest BCUT2D eigenvalue weighted by Gasteiger charge is 2.20. The Morgan fingerprint density at radius 1 is 1.35 bits per heavy atom. The van der Waals surface area contributed by atoms with Gasteiger partial charge in [-0.1, -0.05) is 12.1 Å². The number of urea groups is 1. The van der Waals surface area contributed by atoms with E-state index in [0.717, 1.165) is 42.4 Å². The van der Waals surface area contributed by atoms with Crippen LogP contribution >= 0.6 is 0 Å². The SMILES string of the molecule is Cc1ccc(C)c(NC(=O)NCCCOCC2CC2)c1. The summed E-state index contributed by atoms with van der Waals surface area (Å²) in [4.78, 5) is 11.8. The van der Waals surface area contributed by atoms with Crippen LogP contribution in [0.1, 0.15) is 30.4 Å². The molecule has 1 aliphatic rings. The number of hydrogen-bond donors (Lipinski definition) is 2. The lowest BCUT2D eigenvalue weighted by Crippen LogP contribution is -2.30. The number of amides is 2. The van der Waals surface area contributed by atoms with Crippen LogP contribution in [0.3, 0.4) is 0 Å². The summed E-state index contributed by atoms with van der Waals surface area (Å²) in [7, 11) is 0. The van der Waals surface area contributed by atoms with Gasteiger partial charge in [0.15, 0.2) is 0 Å². The van der Waals surface area contributed by atoms with Crippen LogP contribution in [0.2, 0.25) is 0 Å². The van der Waals surface area contributed by atoms with E-state index >= 15 is 0 Å². The summed E-state index contributed by atoms with van der Waals surface area (Å²) in [6.07, 6.45) is 3.49. The Kier molecular flexibility index (Phi) is 5.41. The molecule has 2 amide bonds. The lowest BCUT2D eigenvalue weighted by molar-refractivity contribution is 0.122. The third kappa shape index (κ3) is 5.21. The van der Waals surface area contributed by atoms with Gasteiger partial charge in [0, 0.05) is 25.4 Å². The minimum atomic E-state index is -0.152. The molecule has 4 heteroatoms. The molecule has 4 nitrogen and oxygen atoms in total.